The van der Waals surface area contributed by atoms with E-state index in [1.165, 1.54) is 6.07 Å². The number of carbonyl (C=O) groups is 1. The van der Waals surface area contributed by atoms with Crippen LogP contribution >= 0.6 is 0 Å². The van der Waals surface area contributed by atoms with Crippen LogP contribution in [0.25, 0.3) is 11.3 Å². The van der Waals surface area contributed by atoms with Crippen LogP contribution in [-0.4, -0.2) is 32.6 Å². The molecule has 2 N–H and O–H groups in total. The smallest absolute Gasteiger partial charge is 0.155 e. The zero-order chi connectivity index (χ0) is 21.5. The Kier molecular flexibility index (Phi) is 4.97. The summed E-state index contributed by atoms with van der Waals surface area (Å²) in [6.45, 7) is 0.503. The molecule has 0 amide bonds. The number of ether oxygens (including phenoxy) is 1. The largest absolute Gasteiger partial charge is 0.383 e. The summed E-state index contributed by atoms with van der Waals surface area (Å²) < 4.78 is 35.7. The minimum atomic E-state index is -0.815. The SMILES string of the molecule is Nc1nc([C@H]2CCO[C@@H](c3cnn(C4CC4)c3)C2)nc(-c2ccc(F)cc2F)c1C=O. The second-order valence-electron chi connectivity index (χ2n) is 8.04. The number of hydrogen-bond donors (Lipinski definition) is 1. The Labute approximate surface area is 177 Å². The molecule has 2 atom stereocenters. The fourth-order valence-corrected chi connectivity index (χ4v) is 4.01. The average molecular weight is 425 g/mol. The van der Waals surface area contributed by atoms with Crippen LogP contribution in [0.5, 0.6) is 0 Å². The zero-order valence-corrected chi connectivity index (χ0v) is 16.7. The van der Waals surface area contributed by atoms with E-state index in [0.29, 0.717) is 37.6 Å². The first kappa shape index (κ1) is 19.7. The third-order valence-electron chi connectivity index (χ3n) is 5.86. The molecule has 2 fully saturated rings. The topological polar surface area (TPSA) is 95.9 Å². The summed E-state index contributed by atoms with van der Waals surface area (Å²) in [6, 6.07) is 3.61. The third kappa shape index (κ3) is 3.81. The third-order valence-corrected chi connectivity index (χ3v) is 5.86. The monoisotopic (exact) mass is 425 g/mol. The molecule has 31 heavy (non-hydrogen) atoms. The quantitative estimate of drug-likeness (QED) is 0.621. The second-order valence-corrected chi connectivity index (χ2v) is 8.04. The molecule has 9 heteroatoms. The fourth-order valence-electron chi connectivity index (χ4n) is 4.01. The summed E-state index contributed by atoms with van der Waals surface area (Å²) in [7, 11) is 0. The summed E-state index contributed by atoms with van der Waals surface area (Å²) in [5, 5.41) is 4.43. The van der Waals surface area contributed by atoms with E-state index < -0.39 is 11.6 Å². The summed E-state index contributed by atoms with van der Waals surface area (Å²) in [4.78, 5) is 20.4. The second kappa shape index (κ2) is 7.81. The van der Waals surface area contributed by atoms with E-state index in [1.807, 2.05) is 17.1 Å². The maximum Gasteiger partial charge on any atom is 0.155 e. The molecule has 0 radical (unpaired) electrons. The average Bonchev–Trinajstić information content (AvgIpc) is 3.50. The first-order chi connectivity index (χ1) is 15.0. The predicted molar refractivity (Wildman–Crippen MR) is 108 cm³/mol. The number of anilines is 1. The van der Waals surface area contributed by atoms with Gasteiger partial charge in [0.1, 0.15) is 23.3 Å². The highest BCUT2D eigenvalue weighted by molar-refractivity contribution is 5.91. The van der Waals surface area contributed by atoms with E-state index >= 15 is 0 Å². The number of rotatable bonds is 5. The van der Waals surface area contributed by atoms with Crippen molar-refractivity contribution in [3.63, 3.8) is 0 Å². The first-order valence-electron chi connectivity index (χ1n) is 10.3. The van der Waals surface area contributed by atoms with Crippen molar-refractivity contribution < 1.29 is 18.3 Å². The lowest BCUT2D eigenvalue weighted by Gasteiger charge is -2.28. The van der Waals surface area contributed by atoms with Crippen LogP contribution in [0, 0.1) is 11.6 Å². The highest BCUT2D eigenvalue weighted by Crippen LogP contribution is 2.39. The van der Waals surface area contributed by atoms with Crippen molar-refractivity contribution in [2.45, 2.75) is 43.7 Å². The fraction of sp³-hybridized carbons (Fsp3) is 0.364. The Morgan fingerprint density at radius 1 is 1.19 bits per heavy atom. The Morgan fingerprint density at radius 3 is 2.77 bits per heavy atom. The highest BCUT2D eigenvalue weighted by atomic mass is 19.1. The lowest BCUT2D eigenvalue weighted by atomic mass is 9.92. The van der Waals surface area contributed by atoms with Gasteiger partial charge in [0.2, 0.25) is 0 Å². The number of nitrogens with zero attached hydrogens (tertiary/aromatic N) is 4. The molecule has 1 aromatic carbocycles. The van der Waals surface area contributed by atoms with E-state index in [9.17, 15) is 13.6 Å². The predicted octanol–water partition coefficient (Wildman–Crippen LogP) is 3.98. The van der Waals surface area contributed by atoms with Gasteiger partial charge >= 0.3 is 0 Å². The number of aromatic nitrogens is 4. The Hall–Kier alpha value is -3.20. The molecule has 1 aliphatic carbocycles. The molecule has 3 aromatic rings. The number of carbonyl (C=O) groups excluding carboxylic acids is 1. The van der Waals surface area contributed by atoms with Crippen LogP contribution in [0.2, 0.25) is 0 Å². The number of aldehydes is 1. The molecule has 0 spiro atoms. The standard InChI is InChI=1S/C22H21F2N5O2/c23-14-1-4-16(18(24)8-14)20-17(11-30)21(25)28-22(27-20)12-5-6-31-19(7-12)13-9-26-29(10-13)15-2-3-15/h1,4,8-12,15,19H,2-3,5-7H2,(H2,25,27,28)/t12-,19+/m0/s1. The summed E-state index contributed by atoms with van der Waals surface area (Å²) >= 11 is 0. The van der Waals surface area contributed by atoms with Gasteiger partial charge in [-0.2, -0.15) is 5.10 Å². The molecular formula is C22H21F2N5O2. The van der Waals surface area contributed by atoms with Gasteiger partial charge in [0.05, 0.1) is 29.6 Å². The normalized spacial score (nSPS) is 21.2. The molecular weight excluding hydrogens is 404 g/mol. The Balaban J connectivity index is 1.47. The lowest BCUT2D eigenvalue weighted by molar-refractivity contribution is 0.00393. The van der Waals surface area contributed by atoms with Gasteiger partial charge in [0.25, 0.3) is 0 Å². The van der Waals surface area contributed by atoms with Crippen LogP contribution in [0.1, 0.15) is 65.5 Å². The van der Waals surface area contributed by atoms with Crippen molar-refractivity contribution in [2.75, 3.05) is 12.3 Å². The number of hydrogen-bond acceptors (Lipinski definition) is 6. The van der Waals surface area contributed by atoms with Crippen molar-refractivity contribution in [1.82, 2.24) is 19.7 Å². The molecule has 3 heterocycles. The molecule has 1 saturated heterocycles. The first-order valence-corrected chi connectivity index (χ1v) is 10.3. The summed E-state index contributed by atoms with van der Waals surface area (Å²) in [5.74, 6) is -1.22. The number of halogens is 2. The van der Waals surface area contributed by atoms with E-state index in [1.54, 1.807) is 0 Å². The van der Waals surface area contributed by atoms with Crippen LogP contribution < -0.4 is 5.73 Å². The van der Waals surface area contributed by atoms with Gasteiger partial charge < -0.3 is 10.5 Å². The van der Waals surface area contributed by atoms with Gasteiger partial charge in [-0.1, -0.05) is 0 Å². The van der Waals surface area contributed by atoms with E-state index in [2.05, 4.69) is 15.1 Å². The molecule has 0 bridgehead atoms. The van der Waals surface area contributed by atoms with Gasteiger partial charge in [-0.05, 0) is 37.8 Å². The van der Waals surface area contributed by atoms with Crippen LogP contribution in [-0.2, 0) is 4.74 Å². The molecule has 7 nitrogen and oxygen atoms in total. The molecule has 2 aliphatic rings. The zero-order valence-electron chi connectivity index (χ0n) is 16.7. The Bertz CT molecular complexity index is 1140. The molecule has 1 aliphatic heterocycles. The van der Waals surface area contributed by atoms with Crippen LogP contribution in [0.4, 0.5) is 14.6 Å². The summed E-state index contributed by atoms with van der Waals surface area (Å²) in [6.07, 6.45) is 7.76. The Morgan fingerprint density at radius 2 is 2.03 bits per heavy atom. The minimum absolute atomic E-state index is 0.00756. The van der Waals surface area contributed by atoms with Crippen molar-refractivity contribution in [3.05, 3.63) is 59.2 Å². The van der Waals surface area contributed by atoms with E-state index in [-0.39, 0.29) is 34.7 Å². The highest BCUT2D eigenvalue weighted by Gasteiger charge is 2.31. The molecule has 0 unspecified atom stereocenters. The van der Waals surface area contributed by atoms with Gasteiger partial charge in [-0.25, -0.2) is 18.7 Å². The van der Waals surface area contributed by atoms with Crippen molar-refractivity contribution >= 4 is 12.1 Å². The van der Waals surface area contributed by atoms with Crippen molar-refractivity contribution in [1.29, 1.82) is 0 Å². The van der Waals surface area contributed by atoms with Crippen LogP contribution in [0.3, 0.4) is 0 Å². The van der Waals surface area contributed by atoms with Crippen molar-refractivity contribution in [3.8, 4) is 11.3 Å². The van der Waals surface area contributed by atoms with E-state index in [0.717, 1.165) is 30.5 Å². The van der Waals surface area contributed by atoms with Gasteiger partial charge in [0.15, 0.2) is 6.29 Å². The maximum atomic E-state index is 14.4. The van der Waals surface area contributed by atoms with E-state index in [4.69, 9.17) is 10.5 Å². The molecule has 2 aromatic heterocycles. The molecule has 160 valence electrons. The maximum absolute atomic E-state index is 14.4. The molecule has 1 saturated carbocycles. The van der Waals surface area contributed by atoms with Gasteiger partial charge in [-0.15, -0.1) is 0 Å². The molecule has 5 rings (SSSR count). The van der Waals surface area contributed by atoms with Gasteiger partial charge in [0, 0.05) is 35.9 Å². The number of benzene rings is 1. The van der Waals surface area contributed by atoms with Crippen LogP contribution in [0.15, 0.2) is 30.6 Å². The number of nitrogens with two attached hydrogens (primary N) is 1. The minimum Gasteiger partial charge on any atom is -0.383 e. The summed E-state index contributed by atoms with van der Waals surface area (Å²) in [5.41, 5.74) is 7.09. The van der Waals surface area contributed by atoms with Crippen molar-refractivity contribution in [2.24, 2.45) is 0 Å². The van der Waals surface area contributed by atoms with Gasteiger partial charge in [-0.3, -0.25) is 9.48 Å². The number of nitrogen functional groups attached to an aromatic ring is 1. The lowest BCUT2D eigenvalue weighted by Crippen LogP contribution is -2.21.